The number of amides is 1. The van der Waals surface area contributed by atoms with E-state index < -0.39 is 5.54 Å². The Hall–Kier alpha value is -0.610. The third-order valence-corrected chi connectivity index (χ3v) is 3.46. The Morgan fingerprint density at radius 1 is 1.41 bits per heavy atom. The third-order valence-electron chi connectivity index (χ3n) is 3.46. The predicted octanol–water partition coefficient (Wildman–Crippen LogP) is 1.35. The van der Waals surface area contributed by atoms with Crippen molar-refractivity contribution >= 4 is 5.91 Å². The molecule has 0 aromatic rings. The molecule has 0 aliphatic heterocycles. The molecule has 0 rings (SSSR count). The van der Waals surface area contributed by atoms with Crippen LogP contribution < -0.4 is 11.1 Å². The molecule has 0 aliphatic rings. The standard InChI is InChI=1S/C13H29N3O/c1-6-9-16(11(2)3)10-7-8-13(4,15-5)12(14)17/h11,15H,6-10H2,1-5H3,(H2,14,17). The zero-order valence-corrected chi connectivity index (χ0v) is 12.0. The number of hydrogen-bond acceptors (Lipinski definition) is 3. The molecule has 1 unspecified atom stereocenters. The van der Waals surface area contributed by atoms with Crippen LogP contribution in [0.15, 0.2) is 0 Å². The molecular formula is C13H29N3O. The Labute approximate surface area is 106 Å². The second-order valence-corrected chi connectivity index (χ2v) is 5.18. The van der Waals surface area contributed by atoms with Crippen LogP contribution in [0.4, 0.5) is 0 Å². The highest BCUT2D eigenvalue weighted by Crippen LogP contribution is 2.12. The van der Waals surface area contributed by atoms with Gasteiger partial charge >= 0.3 is 0 Å². The lowest BCUT2D eigenvalue weighted by Gasteiger charge is -2.29. The third kappa shape index (κ3) is 5.50. The molecule has 0 aromatic carbocycles. The first-order valence-electron chi connectivity index (χ1n) is 6.60. The Morgan fingerprint density at radius 2 is 2.00 bits per heavy atom. The quantitative estimate of drug-likeness (QED) is 0.643. The van der Waals surface area contributed by atoms with E-state index in [1.54, 1.807) is 7.05 Å². The fourth-order valence-corrected chi connectivity index (χ4v) is 1.92. The molecule has 0 aliphatic carbocycles. The van der Waals surface area contributed by atoms with Crippen LogP contribution in [0.3, 0.4) is 0 Å². The normalized spacial score (nSPS) is 15.2. The van der Waals surface area contributed by atoms with Gasteiger partial charge in [-0.15, -0.1) is 0 Å². The maximum absolute atomic E-state index is 11.3. The van der Waals surface area contributed by atoms with Crippen molar-refractivity contribution in [1.29, 1.82) is 0 Å². The lowest BCUT2D eigenvalue weighted by molar-refractivity contribution is -0.123. The summed E-state index contributed by atoms with van der Waals surface area (Å²) in [7, 11) is 1.79. The van der Waals surface area contributed by atoms with Crippen molar-refractivity contribution in [3.05, 3.63) is 0 Å². The van der Waals surface area contributed by atoms with E-state index >= 15 is 0 Å². The molecule has 0 aromatic heterocycles. The maximum Gasteiger partial charge on any atom is 0.237 e. The summed E-state index contributed by atoms with van der Waals surface area (Å²) in [6.45, 7) is 10.6. The number of nitrogens with two attached hydrogens (primary N) is 1. The van der Waals surface area contributed by atoms with Crippen LogP contribution in [0, 0.1) is 0 Å². The number of rotatable bonds is 9. The zero-order chi connectivity index (χ0) is 13.5. The second-order valence-electron chi connectivity index (χ2n) is 5.18. The topological polar surface area (TPSA) is 58.4 Å². The van der Waals surface area contributed by atoms with Crippen LogP contribution in [0.5, 0.6) is 0 Å². The SMILES string of the molecule is CCCN(CCCC(C)(NC)C(N)=O)C(C)C. The summed E-state index contributed by atoms with van der Waals surface area (Å²) in [6, 6.07) is 0.560. The van der Waals surface area contributed by atoms with Gasteiger partial charge in [-0.05, 0) is 60.2 Å². The summed E-state index contributed by atoms with van der Waals surface area (Å²) < 4.78 is 0. The fourth-order valence-electron chi connectivity index (χ4n) is 1.92. The number of likely N-dealkylation sites (N-methyl/N-ethyl adjacent to an activating group) is 1. The molecule has 0 radical (unpaired) electrons. The molecule has 0 saturated carbocycles. The number of carbonyl (C=O) groups is 1. The van der Waals surface area contributed by atoms with Crippen molar-refractivity contribution in [2.75, 3.05) is 20.1 Å². The first-order valence-corrected chi connectivity index (χ1v) is 6.60. The van der Waals surface area contributed by atoms with E-state index in [0.29, 0.717) is 6.04 Å². The molecule has 0 heterocycles. The monoisotopic (exact) mass is 243 g/mol. The minimum absolute atomic E-state index is 0.272. The first kappa shape index (κ1) is 16.4. The Morgan fingerprint density at radius 3 is 2.35 bits per heavy atom. The van der Waals surface area contributed by atoms with E-state index in [-0.39, 0.29) is 5.91 Å². The van der Waals surface area contributed by atoms with E-state index in [4.69, 9.17) is 5.73 Å². The lowest BCUT2D eigenvalue weighted by atomic mass is 9.95. The van der Waals surface area contributed by atoms with Gasteiger partial charge in [0.1, 0.15) is 0 Å². The Bertz CT molecular complexity index is 231. The van der Waals surface area contributed by atoms with Gasteiger partial charge in [-0.3, -0.25) is 4.79 Å². The lowest BCUT2D eigenvalue weighted by Crippen LogP contribution is -2.51. The highest BCUT2D eigenvalue weighted by molar-refractivity contribution is 5.84. The molecule has 3 N–H and O–H groups in total. The van der Waals surface area contributed by atoms with Gasteiger partial charge in [-0.25, -0.2) is 0 Å². The first-order chi connectivity index (χ1) is 7.87. The van der Waals surface area contributed by atoms with Crippen molar-refractivity contribution in [2.24, 2.45) is 5.73 Å². The molecule has 1 amide bonds. The van der Waals surface area contributed by atoms with Gasteiger partial charge in [0.05, 0.1) is 5.54 Å². The van der Waals surface area contributed by atoms with Crippen molar-refractivity contribution in [3.63, 3.8) is 0 Å². The van der Waals surface area contributed by atoms with E-state index in [9.17, 15) is 4.79 Å². The predicted molar refractivity (Wildman–Crippen MR) is 72.9 cm³/mol. The van der Waals surface area contributed by atoms with Crippen molar-refractivity contribution < 1.29 is 4.79 Å². The van der Waals surface area contributed by atoms with Gasteiger partial charge in [0, 0.05) is 6.04 Å². The van der Waals surface area contributed by atoms with Gasteiger partial charge in [0.15, 0.2) is 0 Å². The molecule has 1 atom stereocenters. The number of nitrogens with zero attached hydrogens (tertiary/aromatic N) is 1. The minimum atomic E-state index is -0.575. The van der Waals surface area contributed by atoms with Crippen LogP contribution in [0.1, 0.15) is 47.0 Å². The van der Waals surface area contributed by atoms with Crippen LogP contribution in [-0.2, 0) is 4.79 Å². The van der Waals surface area contributed by atoms with E-state index in [1.807, 2.05) is 6.92 Å². The molecule has 4 nitrogen and oxygen atoms in total. The molecular weight excluding hydrogens is 214 g/mol. The number of nitrogens with one attached hydrogen (secondary N) is 1. The molecule has 0 saturated heterocycles. The number of primary amides is 1. The van der Waals surface area contributed by atoms with E-state index in [2.05, 4.69) is 31.0 Å². The van der Waals surface area contributed by atoms with Gasteiger partial charge < -0.3 is 16.0 Å². The van der Waals surface area contributed by atoms with Crippen LogP contribution in [-0.4, -0.2) is 42.5 Å². The summed E-state index contributed by atoms with van der Waals surface area (Å²) >= 11 is 0. The number of carbonyl (C=O) groups excluding carboxylic acids is 1. The second kappa shape index (κ2) is 7.67. The van der Waals surface area contributed by atoms with Crippen LogP contribution >= 0.6 is 0 Å². The summed E-state index contributed by atoms with van der Waals surface area (Å²) in [5.41, 5.74) is 4.83. The largest absolute Gasteiger partial charge is 0.368 e. The summed E-state index contributed by atoms with van der Waals surface area (Å²) in [4.78, 5) is 13.8. The summed E-state index contributed by atoms with van der Waals surface area (Å²) in [5.74, 6) is -0.272. The van der Waals surface area contributed by atoms with E-state index in [0.717, 1.165) is 32.4 Å². The van der Waals surface area contributed by atoms with Gasteiger partial charge in [-0.1, -0.05) is 6.92 Å². The van der Waals surface area contributed by atoms with Gasteiger partial charge in [0.25, 0.3) is 0 Å². The van der Waals surface area contributed by atoms with Crippen LogP contribution in [0.25, 0.3) is 0 Å². The number of hydrogen-bond donors (Lipinski definition) is 2. The average Bonchev–Trinajstić information content (AvgIpc) is 2.27. The van der Waals surface area contributed by atoms with Crippen molar-refractivity contribution in [2.45, 2.75) is 58.5 Å². The smallest absolute Gasteiger partial charge is 0.237 e. The molecule has 102 valence electrons. The fraction of sp³-hybridized carbons (Fsp3) is 0.923. The molecule has 4 heteroatoms. The zero-order valence-electron chi connectivity index (χ0n) is 12.0. The van der Waals surface area contributed by atoms with Gasteiger partial charge in [0.2, 0.25) is 5.91 Å². The molecule has 17 heavy (non-hydrogen) atoms. The van der Waals surface area contributed by atoms with E-state index in [1.165, 1.54) is 0 Å². The Balaban J connectivity index is 4.14. The Kier molecular flexibility index (Phi) is 7.39. The summed E-state index contributed by atoms with van der Waals surface area (Å²) in [6.07, 6.45) is 2.93. The van der Waals surface area contributed by atoms with Gasteiger partial charge in [-0.2, -0.15) is 0 Å². The summed E-state index contributed by atoms with van der Waals surface area (Å²) in [5, 5.41) is 3.02. The highest BCUT2D eigenvalue weighted by Gasteiger charge is 2.28. The molecule has 0 fully saturated rings. The maximum atomic E-state index is 11.3. The van der Waals surface area contributed by atoms with Crippen molar-refractivity contribution in [1.82, 2.24) is 10.2 Å². The minimum Gasteiger partial charge on any atom is -0.368 e. The molecule has 0 bridgehead atoms. The molecule has 0 spiro atoms. The van der Waals surface area contributed by atoms with Crippen molar-refractivity contribution in [3.8, 4) is 0 Å². The highest BCUT2D eigenvalue weighted by atomic mass is 16.1. The van der Waals surface area contributed by atoms with Crippen LogP contribution in [0.2, 0.25) is 0 Å². The average molecular weight is 243 g/mol.